The summed E-state index contributed by atoms with van der Waals surface area (Å²) in [5.74, 6) is 0.845. The van der Waals surface area contributed by atoms with Gasteiger partial charge in [0.05, 0.1) is 10.7 Å². The first kappa shape index (κ1) is 14.0. The molecule has 0 aromatic carbocycles. The van der Waals surface area contributed by atoms with Gasteiger partial charge in [-0.3, -0.25) is 0 Å². The first-order valence-corrected chi connectivity index (χ1v) is 8.17. The molecule has 3 heteroatoms. The molecule has 1 saturated carbocycles. The van der Waals surface area contributed by atoms with E-state index in [-0.39, 0.29) is 0 Å². The lowest BCUT2D eigenvalue weighted by atomic mass is 9.84. The van der Waals surface area contributed by atoms with Crippen molar-refractivity contribution in [2.24, 2.45) is 5.92 Å². The Morgan fingerprint density at radius 3 is 2.83 bits per heavy atom. The molecule has 1 heterocycles. The topological polar surface area (TPSA) is 24.9 Å². The van der Waals surface area contributed by atoms with Crippen LogP contribution in [0.25, 0.3) is 0 Å². The van der Waals surface area contributed by atoms with Crippen LogP contribution < -0.4 is 5.32 Å². The molecule has 0 saturated heterocycles. The molecular formula is C15H26N2S. The van der Waals surface area contributed by atoms with Crippen molar-refractivity contribution in [1.29, 1.82) is 0 Å². The van der Waals surface area contributed by atoms with Gasteiger partial charge in [0.2, 0.25) is 0 Å². The lowest BCUT2D eigenvalue weighted by molar-refractivity contribution is 0.284. The van der Waals surface area contributed by atoms with Gasteiger partial charge in [-0.15, -0.1) is 11.3 Å². The van der Waals surface area contributed by atoms with Gasteiger partial charge in [0.1, 0.15) is 0 Å². The van der Waals surface area contributed by atoms with Gasteiger partial charge in [-0.2, -0.15) is 0 Å². The Kier molecular flexibility index (Phi) is 5.19. The van der Waals surface area contributed by atoms with E-state index in [1.807, 2.05) is 11.3 Å². The number of thiazole rings is 1. The summed E-state index contributed by atoms with van der Waals surface area (Å²) in [4.78, 5) is 6.08. The third kappa shape index (κ3) is 3.79. The highest BCUT2D eigenvalue weighted by atomic mass is 32.1. The molecular weight excluding hydrogens is 240 g/mol. The van der Waals surface area contributed by atoms with Gasteiger partial charge >= 0.3 is 0 Å². The number of aromatic nitrogens is 1. The fourth-order valence-corrected chi connectivity index (χ4v) is 3.93. The molecule has 0 radical (unpaired) electrons. The number of aryl methyl sites for hydroxylation is 2. The van der Waals surface area contributed by atoms with Crippen LogP contribution in [0.5, 0.6) is 0 Å². The maximum absolute atomic E-state index is 4.69. The molecule has 2 atom stereocenters. The maximum Gasteiger partial charge on any atom is 0.0933 e. The molecule has 1 aliphatic carbocycles. The summed E-state index contributed by atoms with van der Waals surface area (Å²) in [5, 5.41) is 5.04. The van der Waals surface area contributed by atoms with Crippen molar-refractivity contribution in [3.63, 3.8) is 0 Å². The second-order valence-corrected chi connectivity index (χ2v) is 6.92. The van der Waals surface area contributed by atoms with Crippen molar-refractivity contribution < 1.29 is 0 Å². The highest BCUT2D eigenvalue weighted by molar-refractivity contribution is 7.11. The van der Waals surface area contributed by atoms with Gasteiger partial charge in [0.25, 0.3) is 0 Å². The highest BCUT2D eigenvalue weighted by Crippen LogP contribution is 2.29. The van der Waals surface area contributed by atoms with E-state index in [0.717, 1.165) is 12.0 Å². The minimum Gasteiger partial charge on any atom is -0.314 e. The fourth-order valence-electron chi connectivity index (χ4n) is 2.88. The molecule has 18 heavy (non-hydrogen) atoms. The van der Waals surface area contributed by atoms with E-state index in [2.05, 4.69) is 31.1 Å². The van der Waals surface area contributed by atoms with Crippen LogP contribution in [0.4, 0.5) is 0 Å². The van der Waals surface area contributed by atoms with Crippen molar-refractivity contribution in [2.75, 3.05) is 6.54 Å². The minimum absolute atomic E-state index is 0.755. The van der Waals surface area contributed by atoms with Gasteiger partial charge in [-0.05, 0) is 52.0 Å². The van der Waals surface area contributed by atoms with Crippen LogP contribution in [-0.4, -0.2) is 17.6 Å². The Morgan fingerprint density at radius 2 is 2.17 bits per heavy atom. The number of rotatable bonds is 5. The quantitative estimate of drug-likeness (QED) is 0.875. The molecule has 1 N–H and O–H groups in total. The van der Waals surface area contributed by atoms with Crippen LogP contribution in [0.1, 0.15) is 54.6 Å². The van der Waals surface area contributed by atoms with Crippen LogP contribution in [-0.2, 0) is 6.42 Å². The predicted molar refractivity (Wildman–Crippen MR) is 79.3 cm³/mol. The third-order valence-electron chi connectivity index (χ3n) is 4.00. The summed E-state index contributed by atoms with van der Waals surface area (Å²) in [6.07, 6.45) is 7.93. The van der Waals surface area contributed by atoms with Crippen LogP contribution in [0.3, 0.4) is 0 Å². The lowest BCUT2D eigenvalue weighted by Gasteiger charge is -2.29. The zero-order valence-corrected chi connectivity index (χ0v) is 12.8. The van der Waals surface area contributed by atoms with Gasteiger partial charge in [-0.1, -0.05) is 13.3 Å². The largest absolute Gasteiger partial charge is 0.314 e. The van der Waals surface area contributed by atoms with Crippen molar-refractivity contribution in [3.8, 4) is 0 Å². The molecule has 2 nitrogen and oxygen atoms in total. The van der Waals surface area contributed by atoms with Gasteiger partial charge < -0.3 is 5.32 Å². The molecule has 2 rings (SSSR count). The molecule has 0 spiro atoms. The van der Waals surface area contributed by atoms with Gasteiger partial charge in [0.15, 0.2) is 0 Å². The van der Waals surface area contributed by atoms with Gasteiger partial charge in [-0.25, -0.2) is 4.98 Å². The average molecular weight is 266 g/mol. The smallest absolute Gasteiger partial charge is 0.0933 e. The monoisotopic (exact) mass is 266 g/mol. The molecule has 1 aromatic heterocycles. The van der Waals surface area contributed by atoms with E-state index >= 15 is 0 Å². The van der Waals surface area contributed by atoms with Crippen LogP contribution in [0.15, 0.2) is 0 Å². The molecule has 0 bridgehead atoms. The summed E-state index contributed by atoms with van der Waals surface area (Å²) in [5.41, 5.74) is 1.23. The van der Waals surface area contributed by atoms with Crippen LogP contribution in [0, 0.1) is 19.8 Å². The Morgan fingerprint density at radius 1 is 1.33 bits per heavy atom. The zero-order valence-electron chi connectivity index (χ0n) is 12.0. The Hall–Kier alpha value is -0.410. The van der Waals surface area contributed by atoms with E-state index in [1.165, 1.54) is 60.6 Å². The normalized spacial score (nSPS) is 24.4. The second-order valence-electron chi connectivity index (χ2n) is 5.64. The fraction of sp³-hybridized carbons (Fsp3) is 0.800. The third-order valence-corrected chi connectivity index (χ3v) is 5.10. The zero-order chi connectivity index (χ0) is 13.0. The number of nitrogens with one attached hydrogen (secondary N) is 1. The predicted octanol–water partition coefficient (Wildman–Crippen LogP) is 3.86. The van der Waals surface area contributed by atoms with Crippen molar-refractivity contribution in [2.45, 2.75) is 65.3 Å². The van der Waals surface area contributed by atoms with Crippen molar-refractivity contribution in [3.05, 3.63) is 15.6 Å². The first-order chi connectivity index (χ1) is 8.69. The van der Waals surface area contributed by atoms with Crippen molar-refractivity contribution >= 4 is 11.3 Å². The standard InChI is InChI=1S/C15H26N2S/c1-4-8-16-14-7-5-6-13(9-14)10-15-17-11(2)12(3)18-15/h13-14,16H,4-10H2,1-3H3. The molecule has 2 unspecified atom stereocenters. The Balaban J connectivity index is 1.85. The summed E-state index contributed by atoms with van der Waals surface area (Å²) in [7, 11) is 0. The van der Waals surface area contributed by atoms with E-state index in [9.17, 15) is 0 Å². The number of hydrogen-bond donors (Lipinski definition) is 1. The Bertz CT molecular complexity index is 353. The first-order valence-electron chi connectivity index (χ1n) is 7.35. The molecule has 0 amide bonds. The van der Waals surface area contributed by atoms with Crippen LogP contribution >= 0.6 is 11.3 Å². The summed E-state index contributed by atoms with van der Waals surface area (Å²) in [6, 6.07) is 0.755. The number of nitrogens with zero attached hydrogens (tertiary/aromatic N) is 1. The van der Waals surface area contributed by atoms with Crippen molar-refractivity contribution in [1.82, 2.24) is 10.3 Å². The molecule has 102 valence electrons. The molecule has 0 aliphatic heterocycles. The molecule has 1 aliphatic rings. The van der Waals surface area contributed by atoms with E-state index in [1.54, 1.807) is 0 Å². The summed E-state index contributed by atoms with van der Waals surface area (Å²) in [6.45, 7) is 7.73. The minimum atomic E-state index is 0.755. The SMILES string of the molecule is CCCNC1CCCC(Cc2nc(C)c(C)s2)C1. The van der Waals surface area contributed by atoms with E-state index < -0.39 is 0 Å². The van der Waals surface area contributed by atoms with E-state index in [4.69, 9.17) is 0 Å². The lowest BCUT2D eigenvalue weighted by Crippen LogP contribution is -2.35. The van der Waals surface area contributed by atoms with E-state index in [0.29, 0.717) is 0 Å². The summed E-state index contributed by atoms with van der Waals surface area (Å²) >= 11 is 1.90. The summed E-state index contributed by atoms with van der Waals surface area (Å²) < 4.78 is 0. The Labute approximate surface area is 115 Å². The molecule has 1 aromatic rings. The molecule has 1 fully saturated rings. The number of hydrogen-bond acceptors (Lipinski definition) is 3. The second kappa shape index (κ2) is 6.67. The van der Waals surface area contributed by atoms with Gasteiger partial charge in [0, 0.05) is 17.3 Å². The average Bonchev–Trinajstić information content (AvgIpc) is 2.66. The van der Waals surface area contributed by atoms with Crippen LogP contribution in [0.2, 0.25) is 0 Å². The maximum atomic E-state index is 4.69. The highest BCUT2D eigenvalue weighted by Gasteiger charge is 2.22.